The summed E-state index contributed by atoms with van der Waals surface area (Å²) in [7, 11) is -2.21. The number of halogens is 1. The molecule has 2 atom stereocenters. The molecular weight excluding hydrogens is 539 g/mol. The number of aromatic nitrogens is 2. The van der Waals surface area contributed by atoms with Crippen molar-refractivity contribution in [2.24, 2.45) is 7.05 Å². The lowest BCUT2D eigenvalue weighted by Crippen LogP contribution is -2.34. The molecule has 0 saturated carbocycles. The Morgan fingerprint density at radius 3 is 2.56 bits per heavy atom. The molecular formula is C32H37FN4O3S. The first kappa shape index (κ1) is 30.1. The van der Waals surface area contributed by atoms with Gasteiger partial charge in [0, 0.05) is 37.6 Å². The normalized spacial score (nSPS) is 15.4. The summed E-state index contributed by atoms with van der Waals surface area (Å²) >= 11 is 0. The number of hydrogen-bond acceptors (Lipinski definition) is 4. The van der Waals surface area contributed by atoms with Crippen molar-refractivity contribution in [2.45, 2.75) is 63.4 Å². The molecule has 0 radical (unpaired) electrons. The molecule has 1 amide bonds. The predicted molar refractivity (Wildman–Crippen MR) is 159 cm³/mol. The van der Waals surface area contributed by atoms with Crippen LogP contribution in [0.4, 0.5) is 10.1 Å². The molecule has 5 rings (SSSR count). The number of fused-ring (bicyclic) bond motifs is 1. The number of carbonyl (C=O) groups is 1. The molecule has 0 fully saturated rings. The third kappa shape index (κ3) is 6.74. The standard InChI is InChI=1S/C31H33FN4O3S.CH4/c1-22(23-9-4-3-5-10-23)19-31(37)36(21-30-33-17-18-35(30)2)25-16-15-24-11-8-13-28(26(24)20-25)34-40(38,39)29-14-7-6-12-27(29)32;/h3-7,9-10,12,14-18,20,22,28,34H,8,11,13,19,21H2,1-2H3;1H4/t22-,28-;/m0./s1. The van der Waals surface area contributed by atoms with E-state index in [9.17, 15) is 17.6 Å². The summed E-state index contributed by atoms with van der Waals surface area (Å²) in [6, 6.07) is 20.5. The van der Waals surface area contributed by atoms with Gasteiger partial charge in [-0.3, -0.25) is 4.79 Å². The van der Waals surface area contributed by atoms with E-state index in [2.05, 4.69) is 9.71 Å². The van der Waals surface area contributed by atoms with Crippen LogP contribution in [-0.4, -0.2) is 23.9 Å². The van der Waals surface area contributed by atoms with Crippen molar-refractivity contribution in [3.8, 4) is 0 Å². The molecule has 9 heteroatoms. The van der Waals surface area contributed by atoms with E-state index in [0.717, 1.165) is 41.4 Å². The van der Waals surface area contributed by atoms with Crippen LogP contribution in [0.3, 0.4) is 0 Å². The first-order chi connectivity index (χ1) is 19.2. The Kier molecular flexibility index (Phi) is 9.40. The molecule has 41 heavy (non-hydrogen) atoms. The van der Waals surface area contributed by atoms with Crippen LogP contribution in [-0.2, 0) is 34.8 Å². The Balaban J connectivity index is 0.00000387. The average Bonchev–Trinajstić information content (AvgIpc) is 3.36. The average molecular weight is 577 g/mol. The van der Waals surface area contributed by atoms with E-state index in [4.69, 9.17) is 0 Å². The first-order valence-corrected chi connectivity index (χ1v) is 14.9. The van der Waals surface area contributed by atoms with Gasteiger partial charge in [0.1, 0.15) is 16.5 Å². The highest BCUT2D eigenvalue weighted by molar-refractivity contribution is 7.89. The number of carbonyl (C=O) groups excluding carboxylic acids is 1. The topological polar surface area (TPSA) is 84.3 Å². The van der Waals surface area contributed by atoms with Crippen molar-refractivity contribution >= 4 is 21.6 Å². The fourth-order valence-corrected chi connectivity index (χ4v) is 6.60. The van der Waals surface area contributed by atoms with E-state index in [1.54, 1.807) is 11.1 Å². The van der Waals surface area contributed by atoms with Gasteiger partial charge in [0.2, 0.25) is 15.9 Å². The number of benzene rings is 3. The fourth-order valence-electron chi connectivity index (χ4n) is 5.28. The maximum atomic E-state index is 14.4. The number of sulfonamides is 1. The zero-order valence-corrected chi connectivity index (χ0v) is 23.4. The molecule has 0 spiro atoms. The second kappa shape index (κ2) is 12.8. The molecule has 4 aromatic rings. The highest BCUT2D eigenvalue weighted by atomic mass is 32.2. The van der Waals surface area contributed by atoms with Gasteiger partial charge in [0.25, 0.3) is 0 Å². The van der Waals surface area contributed by atoms with E-state index >= 15 is 0 Å². The van der Waals surface area contributed by atoms with Crippen LogP contribution in [0.15, 0.2) is 90.1 Å². The van der Waals surface area contributed by atoms with Crippen molar-refractivity contribution in [3.05, 3.63) is 114 Å². The smallest absolute Gasteiger partial charge is 0.244 e. The van der Waals surface area contributed by atoms with Crippen molar-refractivity contribution in [3.63, 3.8) is 0 Å². The van der Waals surface area contributed by atoms with Gasteiger partial charge < -0.3 is 9.47 Å². The van der Waals surface area contributed by atoms with Crippen LogP contribution >= 0.6 is 0 Å². The largest absolute Gasteiger partial charge is 0.337 e. The number of hydrogen-bond donors (Lipinski definition) is 1. The molecule has 1 aliphatic carbocycles. The number of rotatable bonds is 9. The fraction of sp³-hybridized carbons (Fsp3) is 0.312. The lowest BCUT2D eigenvalue weighted by molar-refractivity contribution is -0.119. The van der Waals surface area contributed by atoms with Crippen LogP contribution in [0.25, 0.3) is 0 Å². The van der Waals surface area contributed by atoms with E-state index in [1.807, 2.05) is 73.3 Å². The number of nitrogens with one attached hydrogen (secondary N) is 1. The van der Waals surface area contributed by atoms with Gasteiger partial charge in [0.15, 0.2) is 0 Å². The van der Waals surface area contributed by atoms with Crippen LogP contribution in [0.5, 0.6) is 0 Å². The van der Waals surface area contributed by atoms with Crippen molar-refractivity contribution in [1.82, 2.24) is 14.3 Å². The third-order valence-electron chi connectivity index (χ3n) is 7.55. The summed E-state index contributed by atoms with van der Waals surface area (Å²) in [5.41, 5.74) is 3.57. The lowest BCUT2D eigenvalue weighted by Gasteiger charge is -2.30. The van der Waals surface area contributed by atoms with E-state index in [0.29, 0.717) is 18.5 Å². The van der Waals surface area contributed by atoms with Crippen LogP contribution in [0.1, 0.15) is 68.1 Å². The molecule has 216 valence electrons. The van der Waals surface area contributed by atoms with Crippen LogP contribution in [0.2, 0.25) is 0 Å². The van der Waals surface area contributed by atoms with Gasteiger partial charge in [-0.05, 0) is 66.1 Å². The van der Waals surface area contributed by atoms with Gasteiger partial charge in [-0.25, -0.2) is 22.5 Å². The summed E-state index contributed by atoms with van der Waals surface area (Å²) < 4.78 is 45.2. The predicted octanol–water partition coefficient (Wildman–Crippen LogP) is 6.28. The molecule has 7 nitrogen and oxygen atoms in total. The first-order valence-electron chi connectivity index (χ1n) is 13.4. The number of amides is 1. The van der Waals surface area contributed by atoms with Crippen molar-refractivity contribution in [1.29, 1.82) is 0 Å². The van der Waals surface area contributed by atoms with E-state index in [-0.39, 0.29) is 30.7 Å². The zero-order chi connectivity index (χ0) is 28.3. The number of imidazole rings is 1. The summed E-state index contributed by atoms with van der Waals surface area (Å²) in [5.74, 6) is -0.108. The molecule has 0 bridgehead atoms. The molecule has 0 saturated heterocycles. The molecule has 3 aromatic carbocycles. The zero-order valence-electron chi connectivity index (χ0n) is 22.6. The van der Waals surface area contributed by atoms with Crippen LogP contribution < -0.4 is 9.62 Å². The Bertz CT molecular complexity index is 1600. The monoisotopic (exact) mass is 576 g/mol. The van der Waals surface area contributed by atoms with E-state index in [1.165, 1.54) is 18.2 Å². The summed E-state index contributed by atoms with van der Waals surface area (Å²) in [6.07, 6.45) is 6.00. The van der Waals surface area contributed by atoms with Gasteiger partial charge in [-0.15, -0.1) is 0 Å². The van der Waals surface area contributed by atoms with E-state index < -0.39 is 21.9 Å². The Morgan fingerprint density at radius 1 is 1.12 bits per heavy atom. The van der Waals surface area contributed by atoms with Crippen molar-refractivity contribution < 1.29 is 17.6 Å². The lowest BCUT2D eigenvalue weighted by atomic mass is 9.87. The Labute approximate surface area is 242 Å². The molecule has 1 aromatic heterocycles. The molecule has 0 unspecified atom stereocenters. The molecule has 0 aliphatic heterocycles. The summed E-state index contributed by atoms with van der Waals surface area (Å²) in [4.78, 5) is 19.6. The molecule has 1 aliphatic rings. The number of nitrogens with zero attached hydrogens (tertiary/aromatic N) is 3. The highest BCUT2D eigenvalue weighted by Gasteiger charge is 2.29. The van der Waals surface area contributed by atoms with Crippen LogP contribution in [0, 0.1) is 5.82 Å². The Morgan fingerprint density at radius 2 is 1.85 bits per heavy atom. The number of anilines is 1. The summed E-state index contributed by atoms with van der Waals surface area (Å²) in [5, 5.41) is 0. The Hall–Kier alpha value is -3.82. The molecule has 1 N–H and O–H groups in total. The second-order valence-electron chi connectivity index (χ2n) is 10.3. The van der Waals surface area contributed by atoms with Crippen molar-refractivity contribution in [2.75, 3.05) is 4.90 Å². The highest BCUT2D eigenvalue weighted by Crippen LogP contribution is 2.35. The third-order valence-corrected chi connectivity index (χ3v) is 9.05. The van der Waals surface area contributed by atoms with Gasteiger partial charge in [-0.1, -0.05) is 62.9 Å². The van der Waals surface area contributed by atoms with Gasteiger partial charge >= 0.3 is 0 Å². The maximum absolute atomic E-state index is 14.4. The minimum atomic E-state index is -4.09. The summed E-state index contributed by atoms with van der Waals surface area (Å²) in [6.45, 7) is 2.31. The van der Waals surface area contributed by atoms with Gasteiger partial charge in [0.05, 0.1) is 6.54 Å². The number of aryl methyl sites for hydroxylation is 2. The minimum Gasteiger partial charge on any atom is -0.337 e. The quantitative estimate of drug-likeness (QED) is 0.254. The SMILES string of the molecule is C.C[C@@H](CC(=O)N(Cc1nccn1C)c1ccc2c(c1)[C@@H](NS(=O)(=O)c1ccccc1F)CCC2)c1ccccc1. The second-order valence-corrected chi connectivity index (χ2v) is 12.0. The minimum absolute atomic E-state index is 0. The van der Waals surface area contributed by atoms with Gasteiger partial charge in [-0.2, -0.15) is 0 Å². The maximum Gasteiger partial charge on any atom is 0.244 e. The molecule has 1 heterocycles.